The van der Waals surface area contributed by atoms with E-state index in [1.54, 1.807) is 11.8 Å². The normalized spacial score (nSPS) is 23.4. The summed E-state index contributed by atoms with van der Waals surface area (Å²) in [6.45, 7) is 2.85. The van der Waals surface area contributed by atoms with Gasteiger partial charge in [0.2, 0.25) is 5.91 Å². The molecular formula is C12H18N4O4. The largest absolute Gasteiger partial charge is 0.390 e. The second-order valence-corrected chi connectivity index (χ2v) is 5.38. The van der Waals surface area contributed by atoms with Gasteiger partial charge in [-0.2, -0.15) is 5.10 Å². The summed E-state index contributed by atoms with van der Waals surface area (Å²) < 4.78 is 1.27. The molecule has 0 bridgehead atoms. The summed E-state index contributed by atoms with van der Waals surface area (Å²) in [5, 5.41) is 24.3. The summed E-state index contributed by atoms with van der Waals surface area (Å²) in [4.78, 5) is 23.8. The molecule has 1 unspecified atom stereocenters. The van der Waals surface area contributed by atoms with Gasteiger partial charge in [-0.3, -0.25) is 19.6 Å². The smallest absolute Gasteiger partial charge is 0.307 e. The van der Waals surface area contributed by atoms with Crippen LogP contribution in [0.2, 0.25) is 0 Å². The molecule has 2 heterocycles. The Morgan fingerprint density at radius 3 is 2.95 bits per heavy atom. The number of hydrogen-bond acceptors (Lipinski definition) is 5. The van der Waals surface area contributed by atoms with Crippen LogP contribution in [0.25, 0.3) is 0 Å². The minimum absolute atomic E-state index is 0.0179. The second-order valence-electron chi connectivity index (χ2n) is 5.38. The van der Waals surface area contributed by atoms with Crippen molar-refractivity contribution in [3.63, 3.8) is 0 Å². The van der Waals surface area contributed by atoms with Crippen LogP contribution in [0.15, 0.2) is 12.4 Å². The average molecular weight is 282 g/mol. The highest BCUT2D eigenvalue weighted by Crippen LogP contribution is 2.21. The Labute approximate surface area is 116 Å². The van der Waals surface area contributed by atoms with E-state index in [0.29, 0.717) is 25.9 Å². The van der Waals surface area contributed by atoms with E-state index in [1.807, 2.05) is 0 Å². The molecule has 1 atom stereocenters. The average Bonchev–Trinajstić information content (AvgIpc) is 2.74. The van der Waals surface area contributed by atoms with Crippen molar-refractivity contribution in [2.24, 2.45) is 0 Å². The van der Waals surface area contributed by atoms with Crippen molar-refractivity contribution in [1.82, 2.24) is 14.7 Å². The molecule has 110 valence electrons. The van der Waals surface area contributed by atoms with E-state index in [0.717, 1.165) is 12.6 Å². The van der Waals surface area contributed by atoms with Crippen molar-refractivity contribution in [2.45, 2.75) is 38.3 Å². The molecule has 1 N–H and O–H groups in total. The lowest BCUT2D eigenvalue weighted by Gasteiger charge is -2.22. The predicted octanol–water partition coefficient (Wildman–Crippen LogP) is 0.555. The van der Waals surface area contributed by atoms with Gasteiger partial charge in [0.1, 0.15) is 18.9 Å². The van der Waals surface area contributed by atoms with E-state index in [4.69, 9.17) is 0 Å². The standard InChI is InChI=1S/C12H18N4O4/c1-12(18)3-2-5-14(6-4-12)11(17)9-15-8-10(7-13-15)16(19)20/h7-8,18H,2-6,9H2,1H3. The summed E-state index contributed by atoms with van der Waals surface area (Å²) in [6, 6.07) is 0. The molecule has 0 aromatic carbocycles. The Morgan fingerprint density at radius 1 is 1.55 bits per heavy atom. The third-order valence-electron chi connectivity index (χ3n) is 3.54. The third kappa shape index (κ3) is 3.53. The number of carbonyl (C=O) groups excluding carboxylic acids is 1. The molecule has 0 aliphatic carbocycles. The molecular weight excluding hydrogens is 264 g/mol. The number of aliphatic hydroxyl groups is 1. The van der Waals surface area contributed by atoms with E-state index in [9.17, 15) is 20.0 Å². The quantitative estimate of drug-likeness (QED) is 0.644. The van der Waals surface area contributed by atoms with Crippen LogP contribution in [-0.2, 0) is 11.3 Å². The van der Waals surface area contributed by atoms with Crippen LogP contribution in [0.3, 0.4) is 0 Å². The van der Waals surface area contributed by atoms with Crippen molar-refractivity contribution in [3.8, 4) is 0 Å². The van der Waals surface area contributed by atoms with Crippen molar-refractivity contribution < 1.29 is 14.8 Å². The van der Waals surface area contributed by atoms with Gasteiger partial charge in [0.15, 0.2) is 0 Å². The number of amides is 1. The number of aromatic nitrogens is 2. The van der Waals surface area contributed by atoms with Crippen molar-refractivity contribution in [3.05, 3.63) is 22.5 Å². The Morgan fingerprint density at radius 2 is 2.30 bits per heavy atom. The first-order chi connectivity index (χ1) is 9.37. The fourth-order valence-corrected chi connectivity index (χ4v) is 2.28. The maximum Gasteiger partial charge on any atom is 0.307 e. The third-order valence-corrected chi connectivity index (χ3v) is 3.54. The molecule has 1 aliphatic heterocycles. The molecule has 1 aliphatic rings. The first-order valence-electron chi connectivity index (χ1n) is 6.54. The minimum atomic E-state index is -0.723. The molecule has 0 spiro atoms. The highest BCUT2D eigenvalue weighted by atomic mass is 16.6. The fourth-order valence-electron chi connectivity index (χ4n) is 2.28. The SMILES string of the molecule is CC1(O)CCCN(C(=O)Cn2cc([N+](=O)[O-])cn2)CC1. The van der Waals surface area contributed by atoms with E-state index < -0.39 is 10.5 Å². The van der Waals surface area contributed by atoms with Crippen LogP contribution in [0.5, 0.6) is 0 Å². The molecule has 2 rings (SSSR count). The lowest BCUT2D eigenvalue weighted by molar-refractivity contribution is -0.385. The molecule has 1 fully saturated rings. The second kappa shape index (κ2) is 5.58. The van der Waals surface area contributed by atoms with E-state index >= 15 is 0 Å². The number of nitrogens with zero attached hydrogens (tertiary/aromatic N) is 4. The van der Waals surface area contributed by atoms with Gasteiger partial charge in [-0.1, -0.05) is 0 Å². The van der Waals surface area contributed by atoms with Gasteiger partial charge in [-0.25, -0.2) is 0 Å². The van der Waals surface area contributed by atoms with E-state index in [2.05, 4.69) is 5.10 Å². The molecule has 1 aromatic rings. The van der Waals surface area contributed by atoms with Crippen LogP contribution < -0.4 is 0 Å². The lowest BCUT2D eigenvalue weighted by atomic mass is 9.98. The van der Waals surface area contributed by atoms with Gasteiger partial charge >= 0.3 is 5.69 Å². The van der Waals surface area contributed by atoms with Gasteiger partial charge in [0.05, 0.1) is 10.5 Å². The molecule has 0 radical (unpaired) electrons. The Bertz CT molecular complexity index is 511. The van der Waals surface area contributed by atoms with Crippen molar-refractivity contribution >= 4 is 11.6 Å². The van der Waals surface area contributed by atoms with Gasteiger partial charge in [0.25, 0.3) is 0 Å². The molecule has 0 saturated carbocycles. The highest BCUT2D eigenvalue weighted by molar-refractivity contribution is 5.76. The Kier molecular flexibility index (Phi) is 4.03. The topological polar surface area (TPSA) is 102 Å². The van der Waals surface area contributed by atoms with Crippen molar-refractivity contribution in [2.75, 3.05) is 13.1 Å². The molecule has 1 saturated heterocycles. The zero-order valence-electron chi connectivity index (χ0n) is 11.4. The zero-order valence-corrected chi connectivity index (χ0v) is 11.4. The maximum absolute atomic E-state index is 12.1. The molecule has 8 heteroatoms. The Balaban J connectivity index is 1.95. The van der Waals surface area contributed by atoms with E-state index in [-0.39, 0.29) is 18.1 Å². The van der Waals surface area contributed by atoms with Gasteiger partial charge < -0.3 is 10.0 Å². The molecule has 1 amide bonds. The van der Waals surface area contributed by atoms with Crippen LogP contribution in [-0.4, -0.2) is 49.3 Å². The predicted molar refractivity (Wildman–Crippen MR) is 69.9 cm³/mol. The summed E-state index contributed by atoms with van der Waals surface area (Å²) in [5.41, 5.74) is -0.851. The Hall–Kier alpha value is -1.96. The van der Waals surface area contributed by atoms with Gasteiger partial charge in [0, 0.05) is 13.1 Å². The van der Waals surface area contributed by atoms with Gasteiger partial charge in [-0.15, -0.1) is 0 Å². The van der Waals surface area contributed by atoms with Crippen molar-refractivity contribution in [1.29, 1.82) is 0 Å². The monoisotopic (exact) mass is 282 g/mol. The zero-order chi connectivity index (χ0) is 14.8. The molecule has 8 nitrogen and oxygen atoms in total. The number of carbonyl (C=O) groups is 1. The van der Waals surface area contributed by atoms with Gasteiger partial charge in [-0.05, 0) is 26.2 Å². The molecule has 1 aromatic heterocycles. The number of likely N-dealkylation sites (tertiary alicyclic amines) is 1. The number of nitro groups is 1. The minimum Gasteiger partial charge on any atom is -0.390 e. The fraction of sp³-hybridized carbons (Fsp3) is 0.667. The summed E-state index contributed by atoms with van der Waals surface area (Å²) in [6.07, 6.45) is 4.33. The number of hydrogen-bond donors (Lipinski definition) is 1. The first kappa shape index (κ1) is 14.4. The maximum atomic E-state index is 12.1. The summed E-state index contributed by atoms with van der Waals surface area (Å²) in [7, 11) is 0. The highest BCUT2D eigenvalue weighted by Gasteiger charge is 2.27. The van der Waals surface area contributed by atoms with Crippen LogP contribution >= 0.6 is 0 Å². The number of rotatable bonds is 3. The lowest BCUT2D eigenvalue weighted by Crippen LogP contribution is -2.35. The summed E-state index contributed by atoms with van der Waals surface area (Å²) in [5.74, 6) is -0.138. The molecule has 20 heavy (non-hydrogen) atoms. The summed E-state index contributed by atoms with van der Waals surface area (Å²) >= 11 is 0. The first-order valence-corrected chi connectivity index (χ1v) is 6.54. The van der Waals surface area contributed by atoms with Crippen LogP contribution in [0.1, 0.15) is 26.2 Å². The van der Waals surface area contributed by atoms with E-state index in [1.165, 1.54) is 10.9 Å². The van der Waals surface area contributed by atoms with Crippen LogP contribution in [0.4, 0.5) is 5.69 Å². The van der Waals surface area contributed by atoms with Crippen LogP contribution in [0, 0.1) is 10.1 Å².